The Labute approximate surface area is 60.8 Å². The van der Waals surface area contributed by atoms with Crippen molar-refractivity contribution in [3.05, 3.63) is 12.4 Å². The molecule has 0 aromatic rings. The molecule has 1 heterocycles. The molecule has 3 nitrogen and oxygen atoms in total. The summed E-state index contributed by atoms with van der Waals surface area (Å²) in [5, 5.41) is 2.43. The van der Waals surface area contributed by atoms with Crippen LogP contribution in [0.1, 0.15) is 20.8 Å². The Morgan fingerprint density at radius 3 is 2.10 bits per heavy atom. The molecule has 1 aliphatic heterocycles. The molecule has 0 aliphatic carbocycles. The van der Waals surface area contributed by atoms with Crippen LogP contribution in [-0.2, 0) is 4.79 Å². The lowest BCUT2D eigenvalue weighted by Gasteiger charge is -1.85. The van der Waals surface area contributed by atoms with Gasteiger partial charge in [0.05, 0.1) is 0 Å². The van der Waals surface area contributed by atoms with Gasteiger partial charge in [0.2, 0.25) is 0 Å². The van der Waals surface area contributed by atoms with E-state index in [1.165, 1.54) is 0 Å². The molecular weight excluding hydrogens is 128 g/mol. The van der Waals surface area contributed by atoms with Gasteiger partial charge in [-0.2, -0.15) is 0 Å². The van der Waals surface area contributed by atoms with Gasteiger partial charge in [-0.25, -0.2) is 4.99 Å². The number of hydrogen-bond donors (Lipinski definition) is 1. The number of nitrogens with one attached hydrogen (secondary N) is 1. The second-order valence-corrected chi connectivity index (χ2v) is 1.60. The quantitative estimate of drug-likeness (QED) is 0.537. The molecule has 0 aromatic heterocycles. The monoisotopic (exact) mass is 140 g/mol. The molecular formula is C7H12N2O. The molecule has 1 rings (SSSR count). The highest BCUT2D eigenvalue weighted by Gasteiger charge is 2.12. The number of nitrogens with zero attached hydrogens (tertiary/aromatic N) is 1. The minimum atomic E-state index is -0.144. The second-order valence-electron chi connectivity index (χ2n) is 1.60. The van der Waals surface area contributed by atoms with Crippen molar-refractivity contribution >= 4 is 11.6 Å². The lowest BCUT2D eigenvalue weighted by atomic mass is 10.4. The molecule has 1 amide bonds. The Bertz CT molecular complexity index is 182. The van der Waals surface area contributed by atoms with Crippen molar-refractivity contribution in [3.63, 3.8) is 0 Å². The molecule has 0 fully saturated rings. The Balaban J connectivity index is 0.000000371. The predicted molar refractivity (Wildman–Crippen MR) is 41.7 cm³/mol. The van der Waals surface area contributed by atoms with E-state index in [0.29, 0.717) is 11.5 Å². The number of amides is 1. The van der Waals surface area contributed by atoms with E-state index >= 15 is 0 Å². The fourth-order valence-corrected chi connectivity index (χ4v) is 0.503. The van der Waals surface area contributed by atoms with Gasteiger partial charge in [-0.05, 0) is 6.92 Å². The van der Waals surface area contributed by atoms with Gasteiger partial charge in [0.25, 0.3) is 5.91 Å². The summed E-state index contributed by atoms with van der Waals surface area (Å²) in [6.45, 7) is 9.08. The van der Waals surface area contributed by atoms with E-state index in [4.69, 9.17) is 0 Å². The zero-order valence-electron chi connectivity index (χ0n) is 6.56. The first kappa shape index (κ1) is 8.88. The van der Waals surface area contributed by atoms with Crippen LogP contribution in [0.4, 0.5) is 0 Å². The van der Waals surface area contributed by atoms with E-state index in [9.17, 15) is 4.79 Å². The largest absolute Gasteiger partial charge is 0.306 e. The topological polar surface area (TPSA) is 41.5 Å². The average Bonchev–Trinajstić information content (AvgIpc) is 2.16. The summed E-state index contributed by atoms with van der Waals surface area (Å²) in [6.07, 6.45) is 0. The molecule has 0 bridgehead atoms. The number of rotatable bonds is 0. The fourth-order valence-electron chi connectivity index (χ4n) is 0.503. The smallest absolute Gasteiger partial charge is 0.270 e. The molecule has 10 heavy (non-hydrogen) atoms. The molecule has 1 N–H and O–H groups in total. The summed E-state index contributed by atoms with van der Waals surface area (Å²) < 4.78 is 0. The zero-order valence-corrected chi connectivity index (χ0v) is 6.56. The predicted octanol–water partition coefficient (Wildman–Crippen LogP) is 1.07. The first-order valence-corrected chi connectivity index (χ1v) is 3.25. The molecule has 0 aromatic carbocycles. The van der Waals surface area contributed by atoms with Crippen LogP contribution in [0.15, 0.2) is 17.4 Å². The molecule has 56 valence electrons. The molecule has 0 radical (unpaired) electrons. The van der Waals surface area contributed by atoms with Crippen LogP contribution in [0.2, 0.25) is 0 Å². The van der Waals surface area contributed by atoms with Gasteiger partial charge >= 0.3 is 0 Å². The van der Waals surface area contributed by atoms with Crippen LogP contribution < -0.4 is 5.32 Å². The molecule has 0 saturated heterocycles. The normalized spacial score (nSPS) is 15.3. The van der Waals surface area contributed by atoms with Crippen LogP contribution in [0.5, 0.6) is 0 Å². The third kappa shape index (κ3) is 2.01. The first-order valence-electron chi connectivity index (χ1n) is 3.25. The van der Waals surface area contributed by atoms with Crippen LogP contribution >= 0.6 is 0 Å². The van der Waals surface area contributed by atoms with Crippen LogP contribution in [-0.4, -0.2) is 11.6 Å². The Morgan fingerprint density at radius 2 is 2.00 bits per heavy atom. The highest BCUT2D eigenvalue weighted by molar-refractivity contribution is 6.40. The minimum Gasteiger partial charge on any atom is -0.306 e. The van der Waals surface area contributed by atoms with Gasteiger partial charge < -0.3 is 5.32 Å². The van der Waals surface area contributed by atoms with E-state index in [-0.39, 0.29) is 5.91 Å². The Kier molecular flexibility index (Phi) is 3.39. The van der Waals surface area contributed by atoms with Crippen molar-refractivity contribution in [2.24, 2.45) is 4.99 Å². The van der Waals surface area contributed by atoms with Crippen LogP contribution in [0.25, 0.3) is 0 Å². The van der Waals surface area contributed by atoms with Crippen molar-refractivity contribution in [2.45, 2.75) is 20.8 Å². The fraction of sp³-hybridized carbons (Fsp3) is 0.429. The van der Waals surface area contributed by atoms with Gasteiger partial charge in [-0.15, -0.1) is 0 Å². The molecule has 3 heteroatoms. The van der Waals surface area contributed by atoms with E-state index in [1.54, 1.807) is 6.92 Å². The highest BCUT2D eigenvalue weighted by Crippen LogP contribution is 1.96. The lowest BCUT2D eigenvalue weighted by Crippen LogP contribution is -2.19. The molecule has 0 saturated carbocycles. The standard InChI is InChI=1S/C5H6N2O.C2H6/c1-3-5(8)7-4(2)6-3;1-2/h2H2,1H3,(H,7,8);1-2H3. The van der Waals surface area contributed by atoms with E-state index in [1.807, 2.05) is 13.8 Å². The number of aliphatic imine (C=N–C) groups is 1. The first-order chi connectivity index (χ1) is 4.70. The number of carbonyl (C=O) groups excluding carboxylic acids is 1. The van der Waals surface area contributed by atoms with Gasteiger partial charge in [-0.1, -0.05) is 20.4 Å². The van der Waals surface area contributed by atoms with Crippen molar-refractivity contribution < 1.29 is 4.79 Å². The van der Waals surface area contributed by atoms with Gasteiger partial charge in [0.1, 0.15) is 11.5 Å². The Morgan fingerprint density at radius 1 is 1.50 bits per heavy atom. The summed E-state index contributed by atoms with van der Waals surface area (Å²) in [5.41, 5.74) is 0.481. The maximum atomic E-state index is 10.5. The number of hydrogen-bond acceptors (Lipinski definition) is 2. The SMILES string of the molecule is C=C1N=C(C)C(=O)N1.CC. The summed E-state index contributed by atoms with van der Waals surface area (Å²) >= 11 is 0. The molecule has 0 unspecified atom stereocenters. The van der Waals surface area contributed by atoms with Crippen molar-refractivity contribution in [1.29, 1.82) is 0 Å². The lowest BCUT2D eigenvalue weighted by molar-refractivity contribution is -0.113. The summed E-state index contributed by atoms with van der Waals surface area (Å²) in [6, 6.07) is 0. The van der Waals surface area contributed by atoms with E-state index in [2.05, 4.69) is 16.9 Å². The van der Waals surface area contributed by atoms with Crippen LogP contribution in [0.3, 0.4) is 0 Å². The molecule has 0 atom stereocenters. The molecule has 1 aliphatic rings. The maximum absolute atomic E-state index is 10.5. The summed E-state index contributed by atoms with van der Waals surface area (Å²) in [4.78, 5) is 14.2. The third-order valence-electron chi connectivity index (χ3n) is 0.889. The average molecular weight is 140 g/mol. The van der Waals surface area contributed by atoms with E-state index in [0.717, 1.165) is 0 Å². The van der Waals surface area contributed by atoms with Gasteiger partial charge in [-0.3, -0.25) is 4.79 Å². The van der Waals surface area contributed by atoms with Crippen molar-refractivity contribution in [3.8, 4) is 0 Å². The number of carbonyl (C=O) groups is 1. The van der Waals surface area contributed by atoms with Crippen molar-refractivity contribution in [1.82, 2.24) is 5.32 Å². The van der Waals surface area contributed by atoms with Crippen molar-refractivity contribution in [2.75, 3.05) is 0 Å². The third-order valence-corrected chi connectivity index (χ3v) is 0.889. The summed E-state index contributed by atoms with van der Waals surface area (Å²) in [7, 11) is 0. The zero-order chi connectivity index (χ0) is 8.15. The van der Waals surface area contributed by atoms with E-state index < -0.39 is 0 Å². The van der Waals surface area contributed by atoms with Crippen LogP contribution in [0, 0.1) is 0 Å². The maximum Gasteiger partial charge on any atom is 0.270 e. The molecule has 0 spiro atoms. The second kappa shape index (κ2) is 3.82. The van der Waals surface area contributed by atoms with Gasteiger partial charge in [0.15, 0.2) is 0 Å². The Hall–Kier alpha value is -1.12. The highest BCUT2D eigenvalue weighted by atomic mass is 16.2. The minimum absolute atomic E-state index is 0.144. The summed E-state index contributed by atoms with van der Waals surface area (Å²) in [5.74, 6) is 0.294. The van der Waals surface area contributed by atoms with Gasteiger partial charge in [0, 0.05) is 0 Å².